The van der Waals surface area contributed by atoms with Gasteiger partial charge in [-0.05, 0) is 25.4 Å². The van der Waals surface area contributed by atoms with Gasteiger partial charge >= 0.3 is 0 Å². The lowest BCUT2D eigenvalue weighted by Gasteiger charge is -2.40. The third kappa shape index (κ3) is 2.23. The molecule has 4 heteroatoms. The minimum atomic E-state index is 0.161. The molecule has 0 bridgehead atoms. The number of nitrogens with zero attached hydrogens (tertiary/aromatic N) is 1. The first-order valence-electron chi connectivity index (χ1n) is 6.33. The molecule has 0 aromatic heterocycles. The summed E-state index contributed by atoms with van der Waals surface area (Å²) >= 11 is 0. The zero-order valence-electron chi connectivity index (χ0n) is 10.2. The molecule has 0 aromatic carbocycles. The zero-order valence-corrected chi connectivity index (χ0v) is 10.2. The van der Waals surface area contributed by atoms with E-state index < -0.39 is 0 Å². The van der Waals surface area contributed by atoms with Gasteiger partial charge in [-0.15, -0.1) is 0 Å². The number of carbonyl (C=O) groups is 1. The second kappa shape index (κ2) is 5.15. The standard InChI is InChI=1S/C12H22N2O2/c1-3-11-8-16-5-4-14(11)12(15)9(2)10-6-13-7-10/h9-11,13H,3-8H2,1-2H3. The number of nitrogens with one attached hydrogen (secondary N) is 1. The summed E-state index contributed by atoms with van der Waals surface area (Å²) < 4.78 is 5.43. The predicted molar refractivity (Wildman–Crippen MR) is 62.1 cm³/mol. The summed E-state index contributed by atoms with van der Waals surface area (Å²) in [6.07, 6.45) is 0.987. The van der Waals surface area contributed by atoms with Crippen molar-refractivity contribution in [1.82, 2.24) is 10.2 Å². The molecule has 0 spiro atoms. The van der Waals surface area contributed by atoms with Gasteiger partial charge in [0.2, 0.25) is 5.91 Å². The first-order valence-corrected chi connectivity index (χ1v) is 6.33. The second-order valence-corrected chi connectivity index (χ2v) is 4.88. The molecule has 0 aliphatic carbocycles. The number of hydrogen-bond donors (Lipinski definition) is 1. The molecule has 0 saturated carbocycles. The SMILES string of the molecule is CCC1COCCN1C(=O)C(C)C1CNC1. The Morgan fingerprint density at radius 1 is 1.56 bits per heavy atom. The molecule has 2 rings (SSSR count). The Morgan fingerprint density at radius 3 is 2.88 bits per heavy atom. The maximum Gasteiger partial charge on any atom is 0.226 e. The third-order valence-corrected chi connectivity index (χ3v) is 3.89. The highest BCUT2D eigenvalue weighted by molar-refractivity contribution is 5.79. The van der Waals surface area contributed by atoms with E-state index in [1.165, 1.54) is 0 Å². The summed E-state index contributed by atoms with van der Waals surface area (Å²) in [7, 11) is 0. The van der Waals surface area contributed by atoms with Crippen LogP contribution in [0.3, 0.4) is 0 Å². The fourth-order valence-corrected chi connectivity index (χ4v) is 2.41. The molecular weight excluding hydrogens is 204 g/mol. The number of hydrogen-bond acceptors (Lipinski definition) is 3. The van der Waals surface area contributed by atoms with Crippen molar-refractivity contribution < 1.29 is 9.53 Å². The normalized spacial score (nSPS) is 28.6. The molecule has 2 fully saturated rings. The van der Waals surface area contributed by atoms with E-state index in [0.29, 0.717) is 25.0 Å². The minimum absolute atomic E-state index is 0.161. The molecule has 92 valence electrons. The van der Waals surface area contributed by atoms with Crippen LogP contribution >= 0.6 is 0 Å². The fraction of sp³-hybridized carbons (Fsp3) is 0.917. The molecule has 2 aliphatic heterocycles. The van der Waals surface area contributed by atoms with Crippen molar-refractivity contribution in [3.8, 4) is 0 Å². The monoisotopic (exact) mass is 226 g/mol. The molecule has 1 N–H and O–H groups in total. The van der Waals surface area contributed by atoms with E-state index in [2.05, 4.69) is 19.2 Å². The van der Waals surface area contributed by atoms with Gasteiger partial charge in [0.25, 0.3) is 0 Å². The molecule has 0 radical (unpaired) electrons. The molecule has 2 aliphatic rings. The number of carbonyl (C=O) groups excluding carboxylic acids is 1. The van der Waals surface area contributed by atoms with Crippen LogP contribution in [0.25, 0.3) is 0 Å². The van der Waals surface area contributed by atoms with Crippen LogP contribution in [0.5, 0.6) is 0 Å². The Kier molecular flexibility index (Phi) is 3.82. The van der Waals surface area contributed by atoms with Gasteiger partial charge < -0.3 is 15.0 Å². The van der Waals surface area contributed by atoms with Crippen LogP contribution in [0.1, 0.15) is 20.3 Å². The van der Waals surface area contributed by atoms with E-state index in [1.807, 2.05) is 4.90 Å². The quantitative estimate of drug-likeness (QED) is 0.761. The summed E-state index contributed by atoms with van der Waals surface area (Å²) in [5.41, 5.74) is 0. The third-order valence-electron chi connectivity index (χ3n) is 3.89. The summed E-state index contributed by atoms with van der Waals surface area (Å²) in [5.74, 6) is 1.02. The van der Waals surface area contributed by atoms with E-state index in [4.69, 9.17) is 4.74 Å². The van der Waals surface area contributed by atoms with Crippen LogP contribution in [0.15, 0.2) is 0 Å². The fourth-order valence-electron chi connectivity index (χ4n) is 2.41. The van der Waals surface area contributed by atoms with E-state index in [0.717, 1.165) is 26.1 Å². The molecule has 4 nitrogen and oxygen atoms in total. The molecule has 2 atom stereocenters. The van der Waals surface area contributed by atoms with Crippen LogP contribution in [0.2, 0.25) is 0 Å². The van der Waals surface area contributed by atoms with Crippen molar-refractivity contribution in [2.45, 2.75) is 26.3 Å². The maximum atomic E-state index is 12.3. The van der Waals surface area contributed by atoms with Crippen LogP contribution in [0.4, 0.5) is 0 Å². The van der Waals surface area contributed by atoms with E-state index in [-0.39, 0.29) is 12.0 Å². The average Bonchev–Trinajstić information content (AvgIpc) is 2.25. The zero-order chi connectivity index (χ0) is 11.5. The van der Waals surface area contributed by atoms with Crippen molar-refractivity contribution in [3.63, 3.8) is 0 Å². The summed E-state index contributed by atoms with van der Waals surface area (Å²) in [6.45, 7) is 8.34. The first-order chi connectivity index (χ1) is 7.74. The molecule has 2 saturated heterocycles. The largest absolute Gasteiger partial charge is 0.377 e. The molecular formula is C12H22N2O2. The van der Waals surface area contributed by atoms with Gasteiger partial charge in [-0.25, -0.2) is 0 Å². The van der Waals surface area contributed by atoms with Crippen LogP contribution in [-0.4, -0.2) is 49.7 Å². The summed E-state index contributed by atoms with van der Waals surface area (Å²) in [5, 5.41) is 3.23. The van der Waals surface area contributed by atoms with Crippen LogP contribution in [-0.2, 0) is 9.53 Å². The van der Waals surface area contributed by atoms with Crippen LogP contribution < -0.4 is 5.32 Å². The van der Waals surface area contributed by atoms with Crippen molar-refractivity contribution in [1.29, 1.82) is 0 Å². The van der Waals surface area contributed by atoms with Gasteiger partial charge in [0, 0.05) is 12.5 Å². The molecule has 0 aromatic rings. The Morgan fingerprint density at radius 2 is 2.31 bits per heavy atom. The second-order valence-electron chi connectivity index (χ2n) is 4.88. The number of ether oxygens (including phenoxy) is 1. The summed E-state index contributed by atoms with van der Waals surface area (Å²) in [6, 6.07) is 0.289. The number of morpholine rings is 1. The van der Waals surface area contributed by atoms with Crippen molar-refractivity contribution >= 4 is 5.91 Å². The highest BCUT2D eigenvalue weighted by atomic mass is 16.5. The number of rotatable bonds is 3. The van der Waals surface area contributed by atoms with E-state index >= 15 is 0 Å². The van der Waals surface area contributed by atoms with Gasteiger partial charge in [-0.3, -0.25) is 4.79 Å². The lowest BCUT2D eigenvalue weighted by atomic mass is 9.87. The lowest BCUT2D eigenvalue weighted by Crippen LogP contribution is -2.55. The smallest absolute Gasteiger partial charge is 0.226 e. The highest BCUT2D eigenvalue weighted by Gasteiger charge is 2.34. The minimum Gasteiger partial charge on any atom is -0.377 e. The molecule has 2 heterocycles. The lowest BCUT2D eigenvalue weighted by molar-refractivity contribution is -0.146. The van der Waals surface area contributed by atoms with Crippen molar-refractivity contribution in [2.75, 3.05) is 32.8 Å². The number of amides is 1. The Labute approximate surface area is 97.3 Å². The first kappa shape index (κ1) is 11.9. The molecule has 16 heavy (non-hydrogen) atoms. The predicted octanol–water partition coefficient (Wildman–Crippen LogP) is 0.479. The van der Waals surface area contributed by atoms with Gasteiger partial charge in [0.05, 0.1) is 19.3 Å². The van der Waals surface area contributed by atoms with Gasteiger partial charge in [-0.1, -0.05) is 13.8 Å². The van der Waals surface area contributed by atoms with Gasteiger partial charge in [-0.2, -0.15) is 0 Å². The Hall–Kier alpha value is -0.610. The molecule has 2 unspecified atom stereocenters. The van der Waals surface area contributed by atoms with E-state index in [1.54, 1.807) is 0 Å². The maximum absolute atomic E-state index is 12.3. The highest BCUT2D eigenvalue weighted by Crippen LogP contribution is 2.21. The average molecular weight is 226 g/mol. The Bertz CT molecular complexity index is 253. The van der Waals surface area contributed by atoms with Gasteiger partial charge in [0.15, 0.2) is 0 Å². The summed E-state index contributed by atoms with van der Waals surface area (Å²) in [4.78, 5) is 14.4. The Balaban J connectivity index is 1.95. The van der Waals surface area contributed by atoms with E-state index in [9.17, 15) is 4.79 Å². The molecule has 1 amide bonds. The van der Waals surface area contributed by atoms with Gasteiger partial charge in [0.1, 0.15) is 0 Å². The van der Waals surface area contributed by atoms with Crippen molar-refractivity contribution in [3.05, 3.63) is 0 Å². The van der Waals surface area contributed by atoms with Crippen LogP contribution in [0, 0.1) is 11.8 Å². The van der Waals surface area contributed by atoms with Crippen molar-refractivity contribution in [2.24, 2.45) is 11.8 Å². The topological polar surface area (TPSA) is 41.6 Å².